The second kappa shape index (κ2) is 8.80. The van der Waals surface area contributed by atoms with Crippen molar-refractivity contribution in [3.8, 4) is 0 Å². The van der Waals surface area contributed by atoms with Crippen molar-refractivity contribution in [1.82, 2.24) is 30.1 Å². The van der Waals surface area contributed by atoms with Crippen molar-refractivity contribution in [2.75, 3.05) is 32.7 Å². The van der Waals surface area contributed by atoms with Crippen molar-refractivity contribution in [2.24, 2.45) is 10.9 Å². The Morgan fingerprint density at radius 3 is 3.04 bits per heavy atom. The average molecular weight is 343 g/mol. The number of piperidine rings is 1. The van der Waals surface area contributed by atoms with Gasteiger partial charge in [0.15, 0.2) is 17.4 Å². The van der Waals surface area contributed by atoms with E-state index < -0.39 is 0 Å². The Bertz CT molecular complexity index is 694. The maximum Gasteiger partial charge on any atom is 0.191 e. The first kappa shape index (κ1) is 17.7. The molecule has 136 valence electrons. The van der Waals surface area contributed by atoms with Crippen LogP contribution in [0.3, 0.4) is 0 Å². The molecule has 2 aromatic heterocycles. The summed E-state index contributed by atoms with van der Waals surface area (Å²) < 4.78 is 1.98. The summed E-state index contributed by atoms with van der Waals surface area (Å²) in [6, 6.07) is 5.90. The number of nitrogens with zero attached hydrogens (tertiary/aromatic N) is 5. The molecule has 1 aliphatic heterocycles. The number of nitrogens with one attached hydrogen (secondary N) is 2. The fourth-order valence-corrected chi connectivity index (χ4v) is 3.34. The van der Waals surface area contributed by atoms with Gasteiger partial charge in [0.1, 0.15) is 6.54 Å². The largest absolute Gasteiger partial charge is 0.357 e. The summed E-state index contributed by atoms with van der Waals surface area (Å²) >= 11 is 0. The first-order valence-electron chi connectivity index (χ1n) is 9.33. The summed E-state index contributed by atoms with van der Waals surface area (Å²) in [6.45, 7) is 10.2. The van der Waals surface area contributed by atoms with E-state index in [1.165, 1.54) is 25.9 Å². The number of fused-ring (bicyclic) bond motifs is 1. The topological polar surface area (TPSA) is 69.8 Å². The molecule has 7 heteroatoms. The minimum atomic E-state index is 0.506. The molecule has 25 heavy (non-hydrogen) atoms. The van der Waals surface area contributed by atoms with Gasteiger partial charge in [-0.05, 0) is 50.9 Å². The highest BCUT2D eigenvalue weighted by molar-refractivity contribution is 5.79. The van der Waals surface area contributed by atoms with Gasteiger partial charge in [0.05, 0.1) is 0 Å². The summed E-state index contributed by atoms with van der Waals surface area (Å²) in [5.41, 5.74) is 0.854. The van der Waals surface area contributed by atoms with Gasteiger partial charge in [-0.1, -0.05) is 13.0 Å². The highest BCUT2D eigenvalue weighted by Gasteiger charge is 2.18. The van der Waals surface area contributed by atoms with Gasteiger partial charge in [-0.2, -0.15) is 0 Å². The second-order valence-corrected chi connectivity index (χ2v) is 6.52. The lowest BCUT2D eigenvalue weighted by Crippen LogP contribution is -2.44. The third-order valence-electron chi connectivity index (χ3n) is 4.72. The van der Waals surface area contributed by atoms with Crippen molar-refractivity contribution >= 4 is 11.6 Å². The van der Waals surface area contributed by atoms with Crippen molar-refractivity contribution in [2.45, 2.75) is 33.2 Å². The normalized spacial score (nSPS) is 19.3. The summed E-state index contributed by atoms with van der Waals surface area (Å²) in [5.74, 6) is 2.39. The van der Waals surface area contributed by atoms with E-state index in [-0.39, 0.29) is 0 Å². The average Bonchev–Trinajstić information content (AvgIpc) is 3.07. The van der Waals surface area contributed by atoms with Crippen molar-refractivity contribution < 1.29 is 0 Å². The number of aromatic nitrogens is 3. The van der Waals surface area contributed by atoms with Gasteiger partial charge in [0.2, 0.25) is 0 Å². The van der Waals surface area contributed by atoms with Crippen molar-refractivity contribution in [1.29, 1.82) is 0 Å². The van der Waals surface area contributed by atoms with Crippen LogP contribution in [-0.4, -0.2) is 58.2 Å². The van der Waals surface area contributed by atoms with Crippen LogP contribution in [0.25, 0.3) is 5.65 Å². The Morgan fingerprint density at radius 2 is 2.20 bits per heavy atom. The van der Waals surface area contributed by atoms with Crippen LogP contribution in [0.4, 0.5) is 0 Å². The number of rotatable bonds is 6. The van der Waals surface area contributed by atoms with Crippen LogP contribution in [0.15, 0.2) is 29.4 Å². The van der Waals surface area contributed by atoms with Crippen LogP contribution in [0.5, 0.6) is 0 Å². The summed E-state index contributed by atoms with van der Waals surface area (Å²) in [4.78, 5) is 7.22. The highest BCUT2D eigenvalue weighted by atomic mass is 15.3. The molecule has 2 N–H and O–H groups in total. The Labute approximate surface area is 149 Å². The molecule has 0 radical (unpaired) electrons. The number of likely N-dealkylation sites (tertiary alicyclic amines) is 1. The van der Waals surface area contributed by atoms with Gasteiger partial charge in [-0.15, -0.1) is 10.2 Å². The van der Waals surface area contributed by atoms with Gasteiger partial charge in [0, 0.05) is 25.8 Å². The molecule has 1 atom stereocenters. The van der Waals surface area contributed by atoms with E-state index in [1.807, 2.05) is 28.8 Å². The molecular formula is C18H29N7. The molecule has 0 aromatic carbocycles. The zero-order chi connectivity index (χ0) is 17.5. The quantitative estimate of drug-likeness (QED) is 0.615. The fraction of sp³-hybridized carbons (Fsp3) is 0.611. The molecule has 0 saturated carbocycles. The predicted octanol–water partition coefficient (Wildman–Crippen LogP) is 1.52. The molecule has 1 fully saturated rings. The summed E-state index contributed by atoms with van der Waals surface area (Å²) in [5, 5.41) is 15.2. The van der Waals surface area contributed by atoms with Crippen LogP contribution in [0, 0.1) is 5.92 Å². The number of aliphatic imine (C=N–C) groups is 1. The molecule has 7 nitrogen and oxygen atoms in total. The summed E-state index contributed by atoms with van der Waals surface area (Å²) in [7, 11) is 0. The number of pyridine rings is 1. The van der Waals surface area contributed by atoms with E-state index in [0.717, 1.165) is 37.1 Å². The molecule has 1 unspecified atom stereocenters. The molecule has 0 spiro atoms. The Hall–Kier alpha value is -2.15. The van der Waals surface area contributed by atoms with E-state index in [9.17, 15) is 0 Å². The van der Waals surface area contributed by atoms with Gasteiger partial charge < -0.3 is 15.5 Å². The lowest BCUT2D eigenvalue weighted by atomic mass is 9.98. The number of hydrogen-bond donors (Lipinski definition) is 2. The van der Waals surface area contributed by atoms with Crippen LogP contribution in [0.1, 0.15) is 32.5 Å². The van der Waals surface area contributed by atoms with E-state index in [1.54, 1.807) is 0 Å². The van der Waals surface area contributed by atoms with Gasteiger partial charge >= 0.3 is 0 Å². The molecular weight excluding hydrogens is 314 g/mol. The van der Waals surface area contributed by atoms with E-state index >= 15 is 0 Å². The first-order valence-corrected chi connectivity index (χ1v) is 9.33. The standard InChI is InChI=1S/C18H29N7/c1-3-19-18(20-12-15-8-7-10-24(4-2)14-15)21-13-17-23-22-16-9-5-6-11-25(16)17/h5-6,9,11,15H,3-4,7-8,10,12-14H2,1-2H3,(H2,19,20,21). The zero-order valence-corrected chi connectivity index (χ0v) is 15.3. The molecule has 3 heterocycles. The van der Waals surface area contributed by atoms with Crippen LogP contribution < -0.4 is 10.6 Å². The smallest absolute Gasteiger partial charge is 0.191 e. The highest BCUT2D eigenvalue weighted by Crippen LogP contribution is 2.15. The Balaban J connectivity index is 1.59. The maximum atomic E-state index is 4.69. The van der Waals surface area contributed by atoms with Gasteiger partial charge in [-0.25, -0.2) is 4.99 Å². The van der Waals surface area contributed by atoms with Crippen LogP contribution in [0.2, 0.25) is 0 Å². The van der Waals surface area contributed by atoms with E-state index in [0.29, 0.717) is 12.5 Å². The third kappa shape index (κ3) is 4.69. The van der Waals surface area contributed by atoms with Crippen molar-refractivity contribution in [3.05, 3.63) is 30.2 Å². The Morgan fingerprint density at radius 1 is 1.28 bits per heavy atom. The van der Waals surface area contributed by atoms with E-state index in [2.05, 4.69) is 44.6 Å². The molecule has 2 aromatic rings. The molecule has 0 aliphatic carbocycles. The third-order valence-corrected chi connectivity index (χ3v) is 4.72. The number of guanidine groups is 1. The lowest BCUT2D eigenvalue weighted by molar-refractivity contribution is 0.183. The molecule has 1 saturated heterocycles. The molecule has 0 amide bonds. The minimum Gasteiger partial charge on any atom is -0.357 e. The maximum absolute atomic E-state index is 4.69. The monoisotopic (exact) mass is 343 g/mol. The summed E-state index contributed by atoms with van der Waals surface area (Å²) in [6.07, 6.45) is 4.55. The second-order valence-electron chi connectivity index (χ2n) is 6.52. The molecule has 3 rings (SSSR count). The van der Waals surface area contributed by atoms with Crippen LogP contribution in [-0.2, 0) is 6.54 Å². The Kier molecular flexibility index (Phi) is 6.22. The fourth-order valence-electron chi connectivity index (χ4n) is 3.34. The minimum absolute atomic E-state index is 0.506. The molecule has 1 aliphatic rings. The lowest BCUT2D eigenvalue weighted by Gasteiger charge is -2.32. The van der Waals surface area contributed by atoms with Crippen LogP contribution >= 0.6 is 0 Å². The van der Waals surface area contributed by atoms with E-state index in [4.69, 9.17) is 0 Å². The molecule has 0 bridgehead atoms. The van der Waals surface area contributed by atoms with Gasteiger partial charge in [-0.3, -0.25) is 4.40 Å². The SMILES string of the molecule is CCNC(=NCc1nnc2ccccn12)NCC1CCCN(CC)C1. The van der Waals surface area contributed by atoms with Crippen molar-refractivity contribution in [3.63, 3.8) is 0 Å². The zero-order valence-electron chi connectivity index (χ0n) is 15.3. The van der Waals surface area contributed by atoms with Gasteiger partial charge in [0.25, 0.3) is 0 Å². The first-order chi connectivity index (χ1) is 12.3. The predicted molar refractivity (Wildman–Crippen MR) is 101 cm³/mol. The number of hydrogen-bond acceptors (Lipinski definition) is 4.